The van der Waals surface area contributed by atoms with Gasteiger partial charge in [0, 0.05) is 19.3 Å². The van der Waals surface area contributed by atoms with Crippen molar-refractivity contribution in [3.8, 4) is 0 Å². The lowest BCUT2D eigenvalue weighted by molar-refractivity contribution is -0.166. The van der Waals surface area contributed by atoms with Crippen LogP contribution in [-0.2, 0) is 28.6 Å². The minimum Gasteiger partial charge on any atom is -0.462 e. The zero-order chi connectivity index (χ0) is 51.4. The van der Waals surface area contributed by atoms with Crippen molar-refractivity contribution in [2.75, 3.05) is 13.2 Å². The molecule has 0 aromatic heterocycles. The number of hydrogen-bond acceptors (Lipinski definition) is 6. The molecule has 1 unspecified atom stereocenters. The molecule has 0 aromatic carbocycles. The summed E-state index contributed by atoms with van der Waals surface area (Å²) in [7, 11) is 0. The Kier molecular flexibility index (Phi) is 54.0. The average Bonchev–Trinajstić information content (AvgIpc) is 3.37. The van der Waals surface area contributed by atoms with Gasteiger partial charge in [-0.1, -0.05) is 244 Å². The first kappa shape index (κ1) is 66.3. The van der Waals surface area contributed by atoms with E-state index in [0.29, 0.717) is 19.3 Å². The van der Waals surface area contributed by atoms with Gasteiger partial charge in [0.05, 0.1) is 0 Å². The fourth-order valence-corrected chi connectivity index (χ4v) is 7.18. The molecule has 398 valence electrons. The van der Waals surface area contributed by atoms with Gasteiger partial charge in [-0.15, -0.1) is 0 Å². The van der Waals surface area contributed by atoms with Crippen molar-refractivity contribution in [3.05, 3.63) is 146 Å². The second kappa shape index (κ2) is 57.9. The molecule has 0 N–H and O–H groups in total. The van der Waals surface area contributed by atoms with E-state index in [1.54, 1.807) is 0 Å². The van der Waals surface area contributed by atoms with Gasteiger partial charge in [0.1, 0.15) is 13.2 Å². The summed E-state index contributed by atoms with van der Waals surface area (Å²) in [5, 5.41) is 0. The third-order valence-corrected chi connectivity index (χ3v) is 11.4. The first-order valence-electron chi connectivity index (χ1n) is 28.3. The van der Waals surface area contributed by atoms with Crippen LogP contribution in [0.2, 0.25) is 0 Å². The van der Waals surface area contributed by atoms with Crippen molar-refractivity contribution in [1.29, 1.82) is 0 Å². The Labute approximate surface area is 436 Å². The Morgan fingerprint density at radius 2 is 0.577 bits per heavy atom. The van der Waals surface area contributed by atoms with Gasteiger partial charge in [0.25, 0.3) is 0 Å². The summed E-state index contributed by atoms with van der Waals surface area (Å²) < 4.78 is 16.6. The van der Waals surface area contributed by atoms with Gasteiger partial charge in [-0.05, 0) is 109 Å². The van der Waals surface area contributed by atoms with E-state index in [9.17, 15) is 14.4 Å². The molecule has 0 spiro atoms. The van der Waals surface area contributed by atoms with Crippen LogP contribution in [0.3, 0.4) is 0 Å². The molecule has 0 amide bonds. The number of carbonyl (C=O) groups excluding carboxylic acids is 3. The molecule has 0 rings (SSSR count). The predicted octanol–water partition coefficient (Wildman–Crippen LogP) is 19.2. The fraction of sp³-hybridized carbons (Fsp3) is 0.585. The van der Waals surface area contributed by atoms with Crippen molar-refractivity contribution < 1.29 is 28.6 Å². The molecule has 0 heterocycles. The molecular weight excluding hydrogens is 877 g/mol. The molecular formula is C65H102O6. The van der Waals surface area contributed by atoms with Gasteiger partial charge in [0.2, 0.25) is 0 Å². The molecule has 0 radical (unpaired) electrons. The Hall–Kier alpha value is -4.71. The van der Waals surface area contributed by atoms with Crippen molar-refractivity contribution in [2.45, 2.75) is 232 Å². The fourth-order valence-electron chi connectivity index (χ4n) is 7.18. The number of rotatable bonds is 49. The van der Waals surface area contributed by atoms with E-state index >= 15 is 0 Å². The van der Waals surface area contributed by atoms with Crippen LogP contribution in [0.5, 0.6) is 0 Å². The minimum absolute atomic E-state index is 0.112. The highest BCUT2D eigenvalue weighted by atomic mass is 16.6. The van der Waals surface area contributed by atoms with Crippen LogP contribution in [0.4, 0.5) is 0 Å². The Morgan fingerprint density at radius 3 is 0.915 bits per heavy atom. The second-order valence-corrected chi connectivity index (χ2v) is 18.1. The van der Waals surface area contributed by atoms with E-state index in [2.05, 4.69) is 154 Å². The summed E-state index contributed by atoms with van der Waals surface area (Å²) in [6.45, 7) is 6.23. The van der Waals surface area contributed by atoms with Crippen molar-refractivity contribution >= 4 is 17.9 Å². The lowest BCUT2D eigenvalue weighted by Gasteiger charge is -2.18. The van der Waals surface area contributed by atoms with Crippen LogP contribution in [0, 0.1) is 0 Å². The summed E-state index contributed by atoms with van der Waals surface area (Å²) >= 11 is 0. The molecule has 0 saturated heterocycles. The second-order valence-electron chi connectivity index (χ2n) is 18.1. The highest BCUT2D eigenvalue weighted by Gasteiger charge is 2.19. The molecule has 0 aliphatic heterocycles. The molecule has 6 nitrogen and oxygen atoms in total. The zero-order valence-electron chi connectivity index (χ0n) is 45.4. The van der Waals surface area contributed by atoms with Gasteiger partial charge in [-0.3, -0.25) is 14.4 Å². The SMILES string of the molecule is CC/C=C\C/C=C\C/C=C\C/C=C\C/C=C\C/C=C\C/C=C\C/C=C\CCCCCCCCCCCCC(=O)OCC(COC(=O)CCCCCCC)OC(=O)CC/C=C\C/C=C\C/C=C\C/C=C\CC. The largest absolute Gasteiger partial charge is 0.462 e. The quantitative estimate of drug-likeness (QED) is 0.0262. The number of unbranched alkanes of at least 4 members (excludes halogenated alkanes) is 14. The van der Waals surface area contributed by atoms with Crippen LogP contribution < -0.4 is 0 Å². The topological polar surface area (TPSA) is 78.9 Å². The highest BCUT2D eigenvalue weighted by molar-refractivity contribution is 5.71. The van der Waals surface area contributed by atoms with Crippen LogP contribution >= 0.6 is 0 Å². The van der Waals surface area contributed by atoms with Crippen molar-refractivity contribution in [1.82, 2.24) is 0 Å². The molecule has 0 fully saturated rings. The summed E-state index contributed by atoms with van der Waals surface area (Å²) in [4.78, 5) is 37.6. The van der Waals surface area contributed by atoms with E-state index in [0.717, 1.165) is 135 Å². The van der Waals surface area contributed by atoms with E-state index < -0.39 is 12.1 Å². The molecule has 0 aliphatic carbocycles. The van der Waals surface area contributed by atoms with Gasteiger partial charge < -0.3 is 14.2 Å². The molecule has 0 aromatic rings. The number of esters is 3. The molecule has 0 bridgehead atoms. The van der Waals surface area contributed by atoms with E-state index in [1.165, 1.54) is 44.9 Å². The first-order chi connectivity index (χ1) is 35.0. The summed E-state index contributed by atoms with van der Waals surface area (Å²) in [5.41, 5.74) is 0. The lowest BCUT2D eigenvalue weighted by atomic mass is 10.1. The maximum atomic E-state index is 12.7. The van der Waals surface area contributed by atoms with Gasteiger partial charge >= 0.3 is 17.9 Å². The van der Waals surface area contributed by atoms with Crippen LogP contribution in [-0.4, -0.2) is 37.2 Å². The Balaban J connectivity index is 4.07. The summed E-state index contributed by atoms with van der Waals surface area (Å²) in [6.07, 6.45) is 83.4. The first-order valence-corrected chi connectivity index (χ1v) is 28.3. The number of ether oxygens (including phenoxy) is 3. The normalized spacial score (nSPS) is 13.2. The monoisotopic (exact) mass is 979 g/mol. The maximum Gasteiger partial charge on any atom is 0.306 e. The summed E-state index contributed by atoms with van der Waals surface area (Å²) in [5.74, 6) is -1.02. The number of allylic oxidation sites excluding steroid dienone is 24. The highest BCUT2D eigenvalue weighted by Crippen LogP contribution is 2.14. The van der Waals surface area contributed by atoms with Gasteiger partial charge in [-0.2, -0.15) is 0 Å². The zero-order valence-corrected chi connectivity index (χ0v) is 45.4. The summed E-state index contributed by atoms with van der Waals surface area (Å²) in [6, 6.07) is 0. The Bertz CT molecular complexity index is 1590. The molecule has 6 heteroatoms. The third kappa shape index (κ3) is 56.1. The average molecular weight is 980 g/mol. The van der Waals surface area contributed by atoms with Gasteiger partial charge in [-0.25, -0.2) is 0 Å². The maximum absolute atomic E-state index is 12.7. The van der Waals surface area contributed by atoms with Crippen LogP contribution in [0.25, 0.3) is 0 Å². The number of hydrogen-bond donors (Lipinski definition) is 0. The third-order valence-electron chi connectivity index (χ3n) is 11.4. The number of carbonyl (C=O) groups is 3. The van der Waals surface area contributed by atoms with E-state index in [-0.39, 0.29) is 31.6 Å². The predicted molar refractivity (Wildman–Crippen MR) is 306 cm³/mol. The van der Waals surface area contributed by atoms with Crippen molar-refractivity contribution in [3.63, 3.8) is 0 Å². The lowest BCUT2D eigenvalue weighted by Crippen LogP contribution is -2.30. The van der Waals surface area contributed by atoms with E-state index in [4.69, 9.17) is 14.2 Å². The van der Waals surface area contributed by atoms with Crippen LogP contribution in [0.15, 0.2) is 146 Å². The standard InChI is InChI=1S/C65H102O6/c1-4-7-10-13-15-17-19-21-22-23-24-25-26-27-28-29-30-31-32-33-34-35-36-37-38-39-40-41-42-44-45-47-49-52-55-58-64(67)70-61-62(60-69-63(66)57-54-51-12-9-6-3)71-65(68)59-56-53-50-48-46-43-20-18-16-14-11-8-5-2/h7-8,10-11,15-18,21-22,24-25,27-28,30-31,33-34,36-37,43,46,50,53,62H,4-6,9,12-14,19-20,23,26,29,32,35,38-42,44-45,47-49,51-52,54-61H2,1-3H3/b10-7-,11-8-,17-15-,18-16-,22-21-,25-24-,28-27-,31-30-,34-33-,37-36-,46-43-,53-50-. The minimum atomic E-state index is -0.817. The molecule has 1 atom stereocenters. The van der Waals surface area contributed by atoms with Gasteiger partial charge in [0.15, 0.2) is 6.10 Å². The van der Waals surface area contributed by atoms with E-state index in [1.807, 2.05) is 12.2 Å². The van der Waals surface area contributed by atoms with Crippen LogP contribution in [0.1, 0.15) is 226 Å². The Morgan fingerprint density at radius 1 is 0.296 bits per heavy atom. The van der Waals surface area contributed by atoms with Crippen molar-refractivity contribution in [2.24, 2.45) is 0 Å². The molecule has 0 saturated carbocycles. The smallest absolute Gasteiger partial charge is 0.306 e. The molecule has 0 aliphatic rings. The molecule has 71 heavy (non-hydrogen) atoms.